The first kappa shape index (κ1) is 11.2. The van der Waals surface area contributed by atoms with Gasteiger partial charge in [0.25, 0.3) is 0 Å². The highest BCUT2D eigenvalue weighted by atomic mass is 19.3. The Bertz CT molecular complexity index is 564. The molecule has 2 aliphatic heterocycles. The van der Waals surface area contributed by atoms with Gasteiger partial charge in [0.15, 0.2) is 11.5 Å². The second kappa shape index (κ2) is 3.80. The van der Waals surface area contributed by atoms with Crippen LogP contribution >= 0.6 is 0 Å². The van der Waals surface area contributed by atoms with Crippen LogP contribution in [0.4, 0.5) is 8.78 Å². The number of allylic oxidation sites excluding steroid dienone is 1. The Labute approximate surface area is 103 Å². The molecule has 1 aromatic rings. The lowest BCUT2D eigenvalue weighted by Gasteiger charge is -2.13. The van der Waals surface area contributed by atoms with Gasteiger partial charge in [-0.2, -0.15) is 0 Å². The fraction of sp³-hybridized carbons (Fsp3) is 0.308. The molecular weight excluding hydrogens is 240 g/mol. The van der Waals surface area contributed by atoms with Gasteiger partial charge in [0.1, 0.15) is 0 Å². The maximum atomic E-state index is 13.1. The van der Waals surface area contributed by atoms with Gasteiger partial charge in [0.05, 0.1) is 0 Å². The average Bonchev–Trinajstić information content (AvgIpc) is 2.63. The lowest BCUT2D eigenvalue weighted by molar-refractivity contribution is -0.286. The molecule has 0 fully saturated rings. The number of hydrogen-bond acceptors (Lipinski definition) is 3. The van der Waals surface area contributed by atoms with Crippen LogP contribution in [0, 0.1) is 0 Å². The van der Waals surface area contributed by atoms with Crippen molar-refractivity contribution in [3.63, 3.8) is 0 Å². The Hall–Kier alpha value is -1.91. The molecule has 0 aromatic heterocycles. The van der Waals surface area contributed by atoms with Crippen molar-refractivity contribution in [3.05, 3.63) is 29.3 Å². The molecule has 0 bridgehead atoms. The third-order valence-electron chi connectivity index (χ3n) is 3.01. The van der Waals surface area contributed by atoms with Gasteiger partial charge in [-0.05, 0) is 19.4 Å². The van der Waals surface area contributed by atoms with Crippen molar-refractivity contribution in [1.29, 1.82) is 0 Å². The Balaban J connectivity index is 2.11. The van der Waals surface area contributed by atoms with Gasteiger partial charge >= 0.3 is 6.29 Å². The number of rotatable bonds is 1. The maximum Gasteiger partial charge on any atom is 0.586 e. The number of para-hydroxylation sites is 1. The van der Waals surface area contributed by atoms with Crippen LogP contribution < -0.4 is 9.47 Å². The normalized spacial score (nSPS) is 20.4. The van der Waals surface area contributed by atoms with Crippen molar-refractivity contribution >= 4 is 11.8 Å². The number of dihydropyridines is 1. The monoisotopic (exact) mass is 251 g/mol. The van der Waals surface area contributed by atoms with Crippen LogP contribution in [0.5, 0.6) is 11.5 Å². The SMILES string of the molecule is CC1=C(c2cccc3c2OC(F)(F)O3)C=NCC1. The minimum absolute atomic E-state index is 0.0665. The van der Waals surface area contributed by atoms with Gasteiger partial charge in [-0.3, -0.25) is 4.99 Å². The Morgan fingerprint density at radius 2 is 2.11 bits per heavy atom. The summed E-state index contributed by atoms with van der Waals surface area (Å²) in [4.78, 5) is 4.18. The molecule has 0 atom stereocenters. The largest absolute Gasteiger partial charge is 0.586 e. The molecule has 94 valence electrons. The maximum absolute atomic E-state index is 13.1. The third-order valence-corrected chi connectivity index (χ3v) is 3.01. The molecule has 3 nitrogen and oxygen atoms in total. The van der Waals surface area contributed by atoms with Crippen LogP contribution in [0.3, 0.4) is 0 Å². The summed E-state index contributed by atoms with van der Waals surface area (Å²) in [5, 5.41) is 0. The lowest BCUT2D eigenvalue weighted by atomic mass is 9.97. The minimum Gasteiger partial charge on any atom is -0.395 e. The van der Waals surface area contributed by atoms with Crippen LogP contribution in [0.2, 0.25) is 0 Å². The number of alkyl halides is 2. The molecule has 0 saturated carbocycles. The molecule has 2 aliphatic rings. The highest BCUT2D eigenvalue weighted by Crippen LogP contribution is 2.45. The number of aliphatic imine (C=N–C) groups is 1. The Morgan fingerprint density at radius 3 is 2.89 bits per heavy atom. The molecule has 0 radical (unpaired) electrons. The number of fused-ring (bicyclic) bond motifs is 1. The van der Waals surface area contributed by atoms with E-state index in [0.717, 1.165) is 24.1 Å². The zero-order chi connectivity index (χ0) is 12.8. The fourth-order valence-corrected chi connectivity index (χ4v) is 2.11. The van der Waals surface area contributed by atoms with Gasteiger partial charge in [-0.15, -0.1) is 8.78 Å². The van der Waals surface area contributed by atoms with E-state index in [9.17, 15) is 8.78 Å². The van der Waals surface area contributed by atoms with Crippen LogP contribution in [0.1, 0.15) is 18.9 Å². The minimum atomic E-state index is -3.58. The summed E-state index contributed by atoms with van der Waals surface area (Å²) < 4.78 is 35.2. The van der Waals surface area contributed by atoms with E-state index in [4.69, 9.17) is 0 Å². The molecule has 3 rings (SSSR count). The van der Waals surface area contributed by atoms with Crippen LogP contribution in [-0.2, 0) is 0 Å². The van der Waals surface area contributed by atoms with Gasteiger partial charge in [-0.25, -0.2) is 0 Å². The highest BCUT2D eigenvalue weighted by molar-refractivity contribution is 6.12. The van der Waals surface area contributed by atoms with Gasteiger partial charge in [0.2, 0.25) is 0 Å². The number of hydrogen-bond donors (Lipinski definition) is 0. The van der Waals surface area contributed by atoms with Crippen molar-refractivity contribution in [2.45, 2.75) is 19.6 Å². The molecule has 0 N–H and O–H groups in total. The molecule has 18 heavy (non-hydrogen) atoms. The topological polar surface area (TPSA) is 30.8 Å². The quantitative estimate of drug-likeness (QED) is 0.767. The molecule has 0 unspecified atom stereocenters. The standard InChI is InChI=1S/C13H11F2NO2/c1-8-5-6-16-7-10(8)9-3-2-4-11-12(9)18-13(14,15)17-11/h2-4,7H,5-6H2,1H3. The first-order valence-corrected chi connectivity index (χ1v) is 5.66. The van der Waals surface area contributed by atoms with Gasteiger partial charge < -0.3 is 9.47 Å². The van der Waals surface area contributed by atoms with E-state index in [2.05, 4.69) is 14.5 Å². The number of ether oxygens (including phenoxy) is 2. The molecule has 0 aliphatic carbocycles. The smallest absolute Gasteiger partial charge is 0.395 e. The molecule has 0 spiro atoms. The van der Waals surface area contributed by atoms with Crippen molar-refractivity contribution in [2.75, 3.05) is 6.54 Å². The van der Waals surface area contributed by atoms with Crippen LogP contribution in [-0.4, -0.2) is 19.1 Å². The molecule has 2 heterocycles. The molecule has 0 saturated heterocycles. The van der Waals surface area contributed by atoms with Crippen molar-refractivity contribution in [1.82, 2.24) is 0 Å². The molecular formula is C13H11F2NO2. The summed E-state index contributed by atoms with van der Waals surface area (Å²) in [5.74, 6) is 0.155. The van der Waals surface area contributed by atoms with Crippen molar-refractivity contribution in [2.24, 2.45) is 4.99 Å². The summed E-state index contributed by atoms with van der Waals surface area (Å²) in [6.45, 7) is 2.70. The van der Waals surface area contributed by atoms with Crippen LogP contribution in [0.25, 0.3) is 5.57 Å². The summed E-state index contributed by atoms with van der Waals surface area (Å²) in [6.07, 6.45) is -1.06. The lowest BCUT2D eigenvalue weighted by Crippen LogP contribution is -2.26. The van der Waals surface area contributed by atoms with E-state index in [0.29, 0.717) is 5.56 Å². The predicted molar refractivity (Wildman–Crippen MR) is 63.2 cm³/mol. The molecule has 1 aromatic carbocycles. The summed E-state index contributed by atoms with van der Waals surface area (Å²) in [5.41, 5.74) is 2.54. The van der Waals surface area contributed by atoms with E-state index in [1.54, 1.807) is 18.3 Å². The predicted octanol–water partition coefficient (Wildman–Crippen LogP) is 3.26. The second-order valence-electron chi connectivity index (χ2n) is 4.28. The van der Waals surface area contributed by atoms with Crippen molar-refractivity contribution in [3.8, 4) is 11.5 Å². The van der Waals surface area contributed by atoms with E-state index in [1.165, 1.54) is 6.07 Å². The second-order valence-corrected chi connectivity index (χ2v) is 4.28. The van der Waals surface area contributed by atoms with E-state index in [1.807, 2.05) is 6.92 Å². The Kier molecular flexibility index (Phi) is 2.36. The van der Waals surface area contributed by atoms with Crippen LogP contribution in [0.15, 0.2) is 28.8 Å². The Morgan fingerprint density at radius 1 is 1.28 bits per heavy atom. The van der Waals surface area contributed by atoms with E-state index < -0.39 is 6.29 Å². The summed E-state index contributed by atoms with van der Waals surface area (Å²) in [6, 6.07) is 4.87. The van der Waals surface area contributed by atoms with E-state index >= 15 is 0 Å². The first-order valence-electron chi connectivity index (χ1n) is 5.66. The zero-order valence-corrected chi connectivity index (χ0v) is 9.74. The summed E-state index contributed by atoms with van der Waals surface area (Å²) >= 11 is 0. The fourth-order valence-electron chi connectivity index (χ4n) is 2.11. The van der Waals surface area contributed by atoms with Gasteiger partial charge in [0, 0.05) is 23.9 Å². The molecule has 5 heteroatoms. The zero-order valence-electron chi connectivity index (χ0n) is 9.74. The highest BCUT2D eigenvalue weighted by Gasteiger charge is 2.44. The number of benzene rings is 1. The van der Waals surface area contributed by atoms with E-state index in [-0.39, 0.29) is 11.5 Å². The third kappa shape index (κ3) is 1.75. The molecule has 0 amide bonds. The average molecular weight is 251 g/mol. The number of nitrogens with zero attached hydrogens (tertiary/aromatic N) is 1. The first-order chi connectivity index (χ1) is 8.57. The summed E-state index contributed by atoms with van der Waals surface area (Å²) in [7, 11) is 0. The van der Waals surface area contributed by atoms with Crippen molar-refractivity contribution < 1.29 is 18.3 Å². The van der Waals surface area contributed by atoms with Gasteiger partial charge in [-0.1, -0.05) is 17.7 Å². The number of halogens is 2.